The standard InChI is InChI=1S/C16H13F4N3O5/c1-25-14(24)13(23-26-2)10-4-3-9(17)7-11(10)28-15-21-6-5-12(22-15)27-8-16(18,19)20/h3-7H,8H2,1-2H3. The highest BCUT2D eigenvalue weighted by atomic mass is 19.4. The molecule has 1 heterocycles. The number of carbonyl (C=O) groups excluding carboxylic acids is 1. The lowest BCUT2D eigenvalue weighted by molar-refractivity contribution is -0.154. The first-order valence-electron chi connectivity index (χ1n) is 7.43. The Bertz CT molecular complexity index is 874. The SMILES string of the molecule is CON=C(C(=O)OC)c1ccc(F)cc1Oc1nccc(OCC(F)(F)F)n1. The number of carbonyl (C=O) groups is 1. The van der Waals surface area contributed by atoms with E-state index in [0.717, 1.165) is 31.5 Å². The van der Waals surface area contributed by atoms with Gasteiger partial charge in [0.05, 0.1) is 12.7 Å². The molecule has 150 valence electrons. The monoisotopic (exact) mass is 403 g/mol. The van der Waals surface area contributed by atoms with Gasteiger partial charge in [-0.3, -0.25) is 0 Å². The lowest BCUT2D eigenvalue weighted by Gasteiger charge is -2.12. The van der Waals surface area contributed by atoms with Crippen molar-refractivity contribution in [3.8, 4) is 17.6 Å². The Kier molecular flexibility index (Phi) is 6.69. The smallest absolute Gasteiger partial charge is 0.422 e. The van der Waals surface area contributed by atoms with Crippen molar-refractivity contribution >= 4 is 11.7 Å². The van der Waals surface area contributed by atoms with Crippen LogP contribution in [0.25, 0.3) is 0 Å². The molecule has 0 spiro atoms. The fraction of sp³-hybridized carbons (Fsp3) is 0.250. The minimum Gasteiger partial charge on any atom is -0.468 e. The average molecular weight is 403 g/mol. The van der Waals surface area contributed by atoms with Crippen molar-refractivity contribution in [2.24, 2.45) is 5.16 Å². The molecule has 2 rings (SSSR count). The van der Waals surface area contributed by atoms with Crippen LogP contribution in [0.5, 0.6) is 17.6 Å². The molecule has 0 aliphatic rings. The number of hydrogen-bond donors (Lipinski definition) is 0. The van der Waals surface area contributed by atoms with Crippen molar-refractivity contribution in [3.63, 3.8) is 0 Å². The molecule has 1 aromatic heterocycles. The second-order valence-electron chi connectivity index (χ2n) is 4.94. The third-order valence-electron chi connectivity index (χ3n) is 2.95. The number of alkyl halides is 3. The number of aromatic nitrogens is 2. The Morgan fingerprint density at radius 3 is 2.61 bits per heavy atom. The summed E-state index contributed by atoms with van der Waals surface area (Å²) in [6.07, 6.45) is -3.48. The van der Waals surface area contributed by atoms with Crippen LogP contribution in [-0.2, 0) is 14.4 Å². The Morgan fingerprint density at radius 2 is 1.96 bits per heavy atom. The van der Waals surface area contributed by atoms with E-state index in [2.05, 4.69) is 29.4 Å². The number of halogens is 4. The normalized spacial score (nSPS) is 11.7. The quantitative estimate of drug-likeness (QED) is 0.304. The highest BCUT2D eigenvalue weighted by molar-refractivity contribution is 6.43. The van der Waals surface area contributed by atoms with Crippen LogP contribution in [-0.4, -0.2) is 48.7 Å². The van der Waals surface area contributed by atoms with E-state index >= 15 is 0 Å². The molecule has 0 radical (unpaired) electrons. The molecule has 0 amide bonds. The first kappa shape index (κ1) is 20.9. The molecule has 12 heteroatoms. The van der Waals surface area contributed by atoms with E-state index < -0.39 is 36.5 Å². The fourth-order valence-electron chi connectivity index (χ4n) is 1.87. The van der Waals surface area contributed by atoms with Gasteiger partial charge in [0, 0.05) is 18.3 Å². The Morgan fingerprint density at radius 1 is 1.21 bits per heavy atom. The second kappa shape index (κ2) is 8.97. The van der Waals surface area contributed by atoms with E-state index in [1.807, 2.05) is 0 Å². The van der Waals surface area contributed by atoms with Gasteiger partial charge in [-0.2, -0.15) is 18.2 Å². The first-order valence-corrected chi connectivity index (χ1v) is 7.43. The maximum Gasteiger partial charge on any atom is 0.422 e. The van der Waals surface area contributed by atoms with Crippen LogP contribution in [0, 0.1) is 5.82 Å². The Balaban J connectivity index is 2.35. The van der Waals surface area contributed by atoms with Crippen molar-refractivity contribution in [3.05, 3.63) is 41.8 Å². The predicted octanol–water partition coefficient (Wildman–Crippen LogP) is 2.87. The summed E-state index contributed by atoms with van der Waals surface area (Å²) in [6.45, 7) is -1.57. The molecular weight excluding hydrogens is 390 g/mol. The largest absolute Gasteiger partial charge is 0.468 e. The minimum atomic E-state index is -4.56. The summed E-state index contributed by atoms with van der Waals surface area (Å²) in [7, 11) is 2.28. The van der Waals surface area contributed by atoms with Crippen LogP contribution >= 0.6 is 0 Å². The molecule has 0 saturated heterocycles. The highest BCUT2D eigenvalue weighted by Gasteiger charge is 2.29. The summed E-state index contributed by atoms with van der Waals surface area (Å²) in [6, 6.07) is 3.73. The molecule has 0 aliphatic carbocycles. The van der Waals surface area contributed by atoms with Gasteiger partial charge in [0.2, 0.25) is 5.88 Å². The zero-order valence-corrected chi connectivity index (χ0v) is 14.5. The molecule has 8 nitrogen and oxygen atoms in total. The van der Waals surface area contributed by atoms with Crippen LogP contribution in [0.4, 0.5) is 17.6 Å². The lowest BCUT2D eigenvalue weighted by Crippen LogP contribution is -2.20. The molecule has 0 atom stereocenters. The molecule has 0 N–H and O–H groups in total. The summed E-state index contributed by atoms with van der Waals surface area (Å²) in [4.78, 5) is 23.8. The van der Waals surface area contributed by atoms with Crippen LogP contribution in [0.3, 0.4) is 0 Å². The Hall–Kier alpha value is -3.44. The summed E-state index contributed by atoms with van der Waals surface area (Å²) >= 11 is 0. The maximum atomic E-state index is 13.7. The summed E-state index contributed by atoms with van der Waals surface area (Å²) in [5.74, 6) is -2.31. The van der Waals surface area contributed by atoms with Gasteiger partial charge >= 0.3 is 18.2 Å². The van der Waals surface area contributed by atoms with Gasteiger partial charge in [0.25, 0.3) is 0 Å². The van der Waals surface area contributed by atoms with Crippen LogP contribution in [0.1, 0.15) is 5.56 Å². The Labute approximate surface area is 155 Å². The summed E-state index contributed by atoms with van der Waals surface area (Å²) in [5.41, 5.74) is -0.371. The van der Waals surface area contributed by atoms with E-state index in [1.165, 1.54) is 13.2 Å². The number of esters is 1. The molecule has 1 aromatic carbocycles. The molecule has 0 unspecified atom stereocenters. The summed E-state index contributed by atoms with van der Waals surface area (Å²) in [5, 5.41) is 3.52. The fourth-order valence-corrected chi connectivity index (χ4v) is 1.87. The van der Waals surface area contributed by atoms with Gasteiger partial charge in [-0.05, 0) is 12.1 Å². The molecule has 2 aromatic rings. The van der Waals surface area contributed by atoms with E-state index in [4.69, 9.17) is 4.74 Å². The number of rotatable bonds is 7. The molecular formula is C16H13F4N3O5. The first-order chi connectivity index (χ1) is 13.2. The maximum absolute atomic E-state index is 13.7. The number of hydrogen-bond acceptors (Lipinski definition) is 8. The molecule has 0 bridgehead atoms. The van der Waals surface area contributed by atoms with Gasteiger partial charge in [0.15, 0.2) is 12.3 Å². The van der Waals surface area contributed by atoms with Crippen molar-refractivity contribution in [1.82, 2.24) is 9.97 Å². The van der Waals surface area contributed by atoms with Crippen molar-refractivity contribution in [2.75, 3.05) is 20.8 Å². The molecule has 0 saturated carbocycles. The van der Waals surface area contributed by atoms with E-state index in [0.29, 0.717) is 0 Å². The molecule has 0 fully saturated rings. The number of nitrogens with zero attached hydrogens (tertiary/aromatic N) is 3. The van der Waals surface area contributed by atoms with Gasteiger partial charge in [0.1, 0.15) is 18.7 Å². The third kappa shape index (κ3) is 5.79. The zero-order valence-electron chi connectivity index (χ0n) is 14.5. The third-order valence-corrected chi connectivity index (χ3v) is 2.95. The van der Waals surface area contributed by atoms with Gasteiger partial charge in [-0.1, -0.05) is 5.16 Å². The summed E-state index contributed by atoms with van der Waals surface area (Å²) < 4.78 is 64.8. The average Bonchev–Trinajstić information content (AvgIpc) is 2.64. The van der Waals surface area contributed by atoms with Crippen LogP contribution in [0.2, 0.25) is 0 Å². The number of benzene rings is 1. The van der Waals surface area contributed by atoms with Crippen molar-refractivity contribution in [2.45, 2.75) is 6.18 Å². The molecule has 28 heavy (non-hydrogen) atoms. The highest BCUT2D eigenvalue weighted by Crippen LogP contribution is 2.27. The lowest BCUT2D eigenvalue weighted by atomic mass is 10.1. The van der Waals surface area contributed by atoms with Crippen molar-refractivity contribution < 1.29 is 41.4 Å². The van der Waals surface area contributed by atoms with Crippen LogP contribution in [0.15, 0.2) is 35.6 Å². The topological polar surface area (TPSA) is 92.1 Å². The second-order valence-corrected chi connectivity index (χ2v) is 4.94. The van der Waals surface area contributed by atoms with Gasteiger partial charge in [-0.25, -0.2) is 14.2 Å². The number of methoxy groups -OCH3 is 1. The van der Waals surface area contributed by atoms with Gasteiger partial charge < -0.3 is 19.0 Å². The zero-order chi connectivity index (χ0) is 20.7. The van der Waals surface area contributed by atoms with E-state index in [1.54, 1.807) is 0 Å². The predicted molar refractivity (Wildman–Crippen MR) is 85.6 cm³/mol. The van der Waals surface area contributed by atoms with Crippen molar-refractivity contribution in [1.29, 1.82) is 0 Å². The van der Waals surface area contributed by atoms with Gasteiger partial charge in [-0.15, -0.1) is 0 Å². The minimum absolute atomic E-state index is 0.0275. The number of ether oxygens (including phenoxy) is 3. The number of oxime groups is 1. The van der Waals surface area contributed by atoms with E-state index in [9.17, 15) is 22.4 Å². The van der Waals surface area contributed by atoms with Crippen LogP contribution < -0.4 is 9.47 Å². The van der Waals surface area contributed by atoms with E-state index in [-0.39, 0.29) is 17.0 Å². The molecule has 0 aliphatic heterocycles.